The lowest BCUT2D eigenvalue weighted by Crippen LogP contribution is -2.26. The molecule has 0 aliphatic carbocycles. The maximum Gasteiger partial charge on any atom is 0.115 e. The number of hydrogen-bond donors (Lipinski definition) is 4. The largest absolute Gasteiger partial charge is 0.508 e. The highest BCUT2D eigenvalue weighted by molar-refractivity contribution is 5.28. The molecule has 0 aromatic heterocycles. The maximum absolute atomic E-state index is 9.64. The van der Waals surface area contributed by atoms with Crippen LogP contribution in [0.5, 0.6) is 5.75 Å². The number of aliphatic hydroxyl groups is 2. The third kappa shape index (κ3) is 2.99. The molecule has 0 spiro atoms. The standard InChI is InChI=1S/C10H15NO3/c11-8(6-12)5-10(14)7-2-1-3-9(13)4-7/h1-4,8,10,12-14H,5-6,11H2/t8-,10-/m0/s1. The van der Waals surface area contributed by atoms with E-state index in [9.17, 15) is 5.11 Å². The van der Waals surface area contributed by atoms with Crippen molar-refractivity contribution in [2.45, 2.75) is 18.6 Å². The summed E-state index contributed by atoms with van der Waals surface area (Å²) in [5.74, 6) is 0.110. The van der Waals surface area contributed by atoms with Crippen LogP contribution in [0.4, 0.5) is 0 Å². The van der Waals surface area contributed by atoms with E-state index >= 15 is 0 Å². The van der Waals surface area contributed by atoms with Crippen LogP contribution < -0.4 is 5.73 Å². The number of phenols is 1. The highest BCUT2D eigenvalue weighted by atomic mass is 16.3. The van der Waals surface area contributed by atoms with Crippen LogP contribution in [0.3, 0.4) is 0 Å². The molecule has 1 aromatic carbocycles. The van der Waals surface area contributed by atoms with E-state index in [4.69, 9.17) is 15.9 Å². The zero-order chi connectivity index (χ0) is 10.6. The molecule has 2 atom stereocenters. The fourth-order valence-electron chi connectivity index (χ4n) is 1.23. The molecule has 14 heavy (non-hydrogen) atoms. The van der Waals surface area contributed by atoms with E-state index in [0.29, 0.717) is 5.56 Å². The zero-order valence-corrected chi connectivity index (χ0v) is 7.80. The minimum atomic E-state index is -0.746. The van der Waals surface area contributed by atoms with Crippen LogP contribution in [-0.4, -0.2) is 28.0 Å². The average molecular weight is 197 g/mol. The first-order valence-electron chi connectivity index (χ1n) is 4.47. The van der Waals surface area contributed by atoms with E-state index in [0.717, 1.165) is 0 Å². The van der Waals surface area contributed by atoms with Gasteiger partial charge in [0.2, 0.25) is 0 Å². The quantitative estimate of drug-likeness (QED) is 0.553. The molecule has 0 amide bonds. The number of aliphatic hydroxyl groups excluding tert-OH is 2. The Morgan fingerprint density at radius 3 is 2.64 bits per heavy atom. The van der Waals surface area contributed by atoms with Crippen molar-refractivity contribution >= 4 is 0 Å². The Bertz CT molecular complexity index is 290. The number of nitrogens with two attached hydrogens (primary N) is 1. The van der Waals surface area contributed by atoms with E-state index < -0.39 is 12.1 Å². The second kappa shape index (κ2) is 4.95. The third-order valence-electron chi connectivity index (χ3n) is 2.02. The lowest BCUT2D eigenvalue weighted by Gasteiger charge is -2.14. The summed E-state index contributed by atoms with van der Waals surface area (Å²) in [5, 5.41) is 27.5. The van der Waals surface area contributed by atoms with Crippen molar-refractivity contribution in [3.63, 3.8) is 0 Å². The predicted molar refractivity (Wildman–Crippen MR) is 52.7 cm³/mol. The molecule has 5 N–H and O–H groups in total. The highest BCUT2D eigenvalue weighted by Crippen LogP contribution is 2.21. The highest BCUT2D eigenvalue weighted by Gasteiger charge is 2.12. The molecule has 0 saturated heterocycles. The SMILES string of the molecule is N[C@H](CO)C[C@H](O)c1cccc(O)c1. The molecule has 1 rings (SSSR count). The molecular formula is C10H15NO3. The Labute approximate surface area is 82.6 Å². The van der Waals surface area contributed by atoms with Crippen molar-refractivity contribution < 1.29 is 15.3 Å². The van der Waals surface area contributed by atoms with E-state index in [1.807, 2.05) is 0 Å². The summed E-state index contributed by atoms with van der Waals surface area (Å²) in [6.45, 7) is -0.157. The first kappa shape index (κ1) is 11.0. The number of benzene rings is 1. The van der Waals surface area contributed by atoms with Crippen molar-refractivity contribution in [2.24, 2.45) is 5.73 Å². The van der Waals surface area contributed by atoms with Crippen LogP contribution in [0.2, 0.25) is 0 Å². The fourth-order valence-corrected chi connectivity index (χ4v) is 1.23. The Morgan fingerprint density at radius 1 is 1.36 bits per heavy atom. The minimum absolute atomic E-state index is 0.110. The van der Waals surface area contributed by atoms with Gasteiger partial charge in [0.1, 0.15) is 5.75 Å². The van der Waals surface area contributed by atoms with Crippen LogP contribution in [0, 0.1) is 0 Å². The number of hydrogen-bond acceptors (Lipinski definition) is 4. The molecule has 0 unspecified atom stereocenters. The van der Waals surface area contributed by atoms with Gasteiger partial charge in [-0.2, -0.15) is 0 Å². The Morgan fingerprint density at radius 2 is 2.07 bits per heavy atom. The summed E-state index contributed by atoms with van der Waals surface area (Å²) in [6, 6.07) is 5.93. The van der Waals surface area contributed by atoms with Gasteiger partial charge in [-0.25, -0.2) is 0 Å². The van der Waals surface area contributed by atoms with Crippen LogP contribution in [-0.2, 0) is 0 Å². The van der Waals surface area contributed by atoms with Crippen LogP contribution >= 0.6 is 0 Å². The maximum atomic E-state index is 9.64. The molecule has 0 saturated carbocycles. The lowest BCUT2D eigenvalue weighted by atomic mass is 10.0. The van der Waals surface area contributed by atoms with Crippen molar-refractivity contribution in [2.75, 3.05) is 6.61 Å². The normalized spacial score (nSPS) is 15.1. The zero-order valence-electron chi connectivity index (χ0n) is 7.80. The average Bonchev–Trinajstić information content (AvgIpc) is 2.17. The predicted octanol–water partition coefficient (Wildman–Crippen LogP) is 0.135. The summed E-state index contributed by atoms with van der Waals surface area (Å²) >= 11 is 0. The van der Waals surface area contributed by atoms with Crippen LogP contribution in [0.15, 0.2) is 24.3 Å². The van der Waals surface area contributed by atoms with Crippen LogP contribution in [0.1, 0.15) is 18.1 Å². The van der Waals surface area contributed by atoms with Gasteiger partial charge >= 0.3 is 0 Å². The molecule has 1 aromatic rings. The second-order valence-electron chi connectivity index (χ2n) is 3.29. The smallest absolute Gasteiger partial charge is 0.115 e. The number of rotatable bonds is 4. The third-order valence-corrected chi connectivity index (χ3v) is 2.02. The summed E-state index contributed by atoms with van der Waals surface area (Å²) < 4.78 is 0. The molecule has 0 fully saturated rings. The molecule has 0 radical (unpaired) electrons. The topological polar surface area (TPSA) is 86.7 Å². The summed E-state index contributed by atoms with van der Waals surface area (Å²) in [4.78, 5) is 0. The Kier molecular flexibility index (Phi) is 3.88. The summed E-state index contributed by atoms with van der Waals surface area (Å²) in [6.07, 6.45) is -0.468. The van der Waals surface area contributed by atoms with Crippen LogP contribution in [0.25, 0.3) is 0 Å². The van der Waals surface area contributed by atoms with Gasteiger partial charge in [0.15, 0.2) is 0 Å². The molecule has 4 heteroatoms. The summed E-state index contributed by atoms with van der Waals surface area (Å²) in [7, 11) is 0. The summed E-state index contributed by atoms with van der Waals surface area (Å²) in [5.41, 5.74) is 6.08. The van der Waals surface area contributed by atoms with Gasteiger partial charge in [0.05, 0.1) is 12.7 Å². The van der Waals surface area contributed by atoms with Gasteiger partial charge in [-0.15, -0.1) is 0 Å². The van der Waals surface area contributed by atoms with Gasteiger partial charge in [0.25, 0.3) is 0 Å². The van der Waals surface area contributed by atoms with Crippen molar-refractivity contribution in [1.82, 2.24) is 0 Å². The molecule has 0 aliphatic heterocycles. The van der Waals surface area contributed by atoms with Gasteiger partial charge < -0.3 is 21.1 Å². The van der Waals surface area contributed by atoms with Crippen molar-refractivity contribution in [3.8, 4) is 5.75 Å². The first-order chi connectivity index (χ1) is 6.63. The molecule has 0 heterocycles. The van der Waals surface area contributed by atoms with E-state index in [2.05, 4.69) is 0 Å². The van der Waals surface area contributed by atoms with Crippen molar-refractivity contribution in [1.29, 1.82) is 0 Å². The number of phenolic OH excluding ortho intramolecular Hbond substituents is 1. The molecular weight excluding hydrogens is 182 g/mol. The van der Waals surface area contributed by atoms with E-state index in [-0.39, 0.29) is 18.8 Å². The molecule has 78 valence electrons. The monoisotopic (exact) mass is 197 g/mol. The Balaban J connectivity index is 2.64. The van der Waals surface area contributed by atoms with E-state index in [1.54, 1.807) is 12.1 Å². The fraction of sp³-hybridized carbons (Fsp3) is 0.400. The number of aromatic hydroxyl groups is 1. The van der Waals surface area contributed by atoms with Gasteiger partial charge in [-0.05, 0) is 24.1 Å². The molecule has 4 nitrogen and oxygen atoms in total. The van der Waals surface area contributed by atoms with Crippen molar-refractivity contribution in [3.05, 3.63) is 29.8 Å². The molecule has 0 aliphatic rings. The minimum Gasteiger partial charge on any atom is -0.508 e. The lowest BCUT2D eigenvalue weighted by molar-refractivity contribution is 0.140. The first-order valence-corrected chi connectivity index (χ1v) is 4.47. The Hall–Kier alpha value is -1.10. The van der Waals surface area contributed by atoms with Gasteiger partial charge in [0, 0.05) is 6.04 Å². The second-order valence-corrected chi connectivity index (χ2v) is 3.29. The van der Waals surface area contributed by atoms with Gasteiger partial charge in [-0.3, -0.25) is 0 Å². The van der Waals surface area contributed by atoms with E-state index in [1.165, 1.54) is 12.1 Å². The molecule has 0 bridgehead atoms. The van der Waals surface area contributed by atoms with Gasteiger partial charge in [-0.1, -0.05) is 12.1 Å².